The van der Waals surface area contributed by atoms with Gasteiger partial charge < -0.3 is 19.9 Å². The van der Waals surface area contributed by atoms with Crippen molar-refractivity contribution in [2.45, 2.75) is 72.8 Å². The number of benzene rings is 2. The molecule has 3 aromatic rings. The highest BCUT2D eigenvalue weighted by molar-refractivity contribution is 5.96. The molecule has 37 heavy (non-hydrogen) atoms. The summed E-state index contributed by atoms with van der Waals surface area (Å²) in [5.74, 6) is 2.37. The summed E-state index contributed by atoms with van der Waals surface area (Å²) in [6.45, 7) is 10.8. The van der Waals surface area contributed by atoms with Crippen LogP contribution >= 0.6 is 0 Å². The van der Waals surface area contributed by atoms with Gasteiger partial charge in [-0.2, -0.15) is 0 Å². The molecule has 0 saturated carbocycles. The number of hydrogen-bond donors (Lipinski definition) is 2. The Labute approximate surface area is 220 Å². The SMILES string of the molecule is CCCC(NC(=O)Cc1cccc(Oc2ccccc2)c1)C(=O)Nc1cc(CC(C)CC(C)(C)C)on1. The first-order valence-electron chi connectivity index (χ1n) is 13.0. The average Bonchev–Trinajstić information content (AvgIpc) is 3.24. The summed E-state index contributed by atoms with van der Waals surface area (Å²) in [7, 11) is 0. The van der Waals surface area contributed by atoms with Crippen LogP contribution in [0, 0.1) is 11.3 Å². The van der Waals surface area contributed by atoms with E-state index < -0.39 is 6.04 Å². The van der Waals surface area contributed by atoms with Gasteiger partial charge in [-0.25, -0.2) is 0 Å². The predicted molar refractivity (Wildman–Crippen MR) is 146 cm³/mol. The smallest absolute Gasteiger partial charge is 0.248 e. The Morgan fingerprint density at radius 3 is 2.46 bits per heavy atom. The zero-order valence-corrected chi connectivity index (χ0v) is 22.5. The number of carbonyl (C=O) groups is 2. The fourth-order valence-corrected chi connectivity index (χ4v) is 4.47. The van der Waals surface area contributed by atoms with Crippen molar-refractivity contribution in [2.24, 2.45) is 11.3 Å². The van der Waals surface area contributed by atoms with E-state index in [1.165, 1.54) is 0 Å². The van der Waals surface area contributed by atoms with Crippen LogP contribution < -0.4 is 15.4 Å². The van der Waals surface area contributed by atoms with Crippen molar-refractivity contribution in [1.29, 1.82) is 0 Å². The lowest BCUT2D eigenvalue weighted by Gasteiger charge is -2.22. The normalized spacial score (nSPS) is 13.0. The highest BCUT2D eigenvalue weighted by Gasteiger charge is 2.22. The Morgan fingerprint density at radius 2 is 1.76 bits per heavy atom. The lowest BCUT2D eigenvalue weighted by molar-refractivity contribution is -0.126. The number of carbonyl (C=O) groups excluding carboxylic acids is 2. The Bertz CT molecular complexity index is 1150. The summed E-state index contributed by atoms with van der Waals surface area (Å²) in [5, 5.41) is 9.67. The zero-order valence-electron chi connectivity index (χ0n) is 22.5. The van der Waals surface area contributed by atoms with Crippen molar-refractivity contribution in [3.63, 3.8) is 0 Å². The van der Waals surface area contributed by atoms with E-state index in [0.29, 0.717) is 23.9 Å². The lowest BCUT2D eigenvalue weighted by atomic mass is 9.84. The molecule has 2 unspecified atom stereocenters. The molecule has 2 amide bonds. The van der Waals surface area contributed by atoms with Crippen LogP contribution in [0.1, 0.15) is 65.2 Å². The van der Waals surface area contributed by atoms with Crippen LogP contribution in [0.5, 0.6) is 11.5 Å². The minimum absolute atomic E-state index is 0.138. The highest BCUT2D eigenvalue weighted by atomic mass is 16.5. The fourth-order valence-electron chi connectivity index (χ4n) is 4.47. The predicted octanol–water partition coefficient (Wildman–Crippen LogP) is 6.55. The monoisotopic (exact) mass is 505 g/mol. The molecule has 0 fully saturated rings. The van der Waals surface area contributed by atoms with Gasteiger partial charge in [-0.15, -0.1) is 0 Å². The molecular formula is C30H39N3O4. The topological polar surface area (TPSA) is 93.5 Å². The Kier molecular flexibility index (Phi) is 9.89. The molecule has 1 aromatic heterocycles. The van der Waals surface area contributed by atoms with Crippen LogP contribution in [0.4, 0.5) is 5.82 Å². The summed E-state index contributed by atoms with van der Waals surface area (Å²) in [5.41, 5.74) is 1.03. The molecular weight excluding hydrogens is 466 g/mol. The first kappa shape index (κ1) is 28.0. The molecule has 0 aliphatic carbocycles. The maximum absolute atomic E-state index is 12.9. The first-order chi connectivity index (χ1) is 17.6. The third kappa shape index (κ3) is 9.75. The number of nitrogens with zero attached hydrogens (tertiary/aromatic N) is 1. The number of hydrogen-bond acceptors (Lipinski definition) is 5. The molecule has 0 spiro atoms. The number of ether oxygens (including phenoxy) is 1. The molecule has 2 aromatic carbocycles. The minimum Gasteiger partial charge on any atom is -0.457 e. The van der Waals surface area contributed by atoms with Gasteiger partial charge in [-0.3, -0.25) is 9.59 Å². The molecule has 0 radical (unpaired) electrons. The molecule has 3 rings (SSSR count). The number of nitrogens with one attached hydrogen (secondary N) is 2. The van der Waals surface area contributed by atoms with E-state index in [9.17, 15) is 9.59 Å². The Hall–Kier alpha value is -3.61. The van der Waals surface area contributed by atoms with E-state index in [4.69, 9.17) is 9.26 Å². The Balaban J connectivity index is 1.55. The minimum atomic E-state index is -0.666. The van der Waals surface area contributed by atoms with Crippen LogP contribution in [-0.2, 0) is 22.4 Å². The number of para-hydroxylation sites is 1. The van der Waals surface area contributed by atoms with E-state index in [1.807, 2.05) is 61.5 Å². The van der Waals surface area contributed by atoms with Crippen LogP contribution in [0.2, 0.25) is 0 Å². The molecule has 1 heterocycles. The van der Waals surface area contributed by atoms with Crippen molar-refractivity contribution in [3.05, 3.63) is 72.0 Å². The fraction of sp³-hybridized carbons (Fsp3) is 0.433. The van der Waals surface area contributed by atoms with Gasteiger partial charge in [0.1, 0.15) is 23.3 Å². The summed E-state index contributed by atoms with van der Waals surface area (Å²) in [4.78, 5) is 25.7. The summed E-state index contributed by atoms with van der Waals surface area (Å²) in [6, 6.07) is 18.0. The standard InChI is InChI=1S/C30H39N3O4/c1-6-11-26(29(35)32-27-19-25(37-33-27)16-21(2)20-30(3,4)5)31-28(34)18-22-12-10-15-24(17-22)36-23-13-8-7-9-14-23/h7-10,12-15,17,19,21,26H,6,11,16,18,20H2,1-5H3,(H,31,34)(H,32,33,35). The average molecular weight is 506 g/mol. The van der Waals surface area contributed by atoms with Gasteiger partial charge in [0.05, 0.1) is 6.42 Å². The van der Waals surface area contributed by atoms with Crippen LogP contribution in [0.25, 0.3) is 0 Å². The summed E-state index contributed by atoms with van der Waals surface area (Å²) < 4.78 is 11.3. The van der Waals surface area contributed by atoms with Gasteiger partial charge >= 0.3 is 0 Å². The second-order valence-electron chi connectivity index (χ2n) is 10.9. The molecule has 2 atom stereocenters. The van der Waals surface area contributed by atoms with Gasteiger partial charge in [-0.1, -0.05) is 76.5 Å². The van der Waals surface area contributed by atoms with Gasteiger partial charge in [0, 0.05) is 12.5 Å². The highest BCUT2D eigenvalue weighted by Crippen LogP contribution is 2.27. The van der Waals surface area contributed by atoms with E-state index >= 15 is 0 Å². The largest absolute Gasteiger partial charge is 0.457 e. The molecule has 0 bridgehead atoms. The number of amides is 2. The second-order valence-corrected chi connectivity index (χ2v) is 10.9. The van der Waals surface area contributed by atoms with E-state index in [2.05, 4.69) is 43.5 Å². The lowest BCUT2D eigenvalue weighted by Crippen LogP contribution is -2.44. The van der Waals surface area contributed by atoms with Gasteiger partial charge in [0.2, 0.25) is 11.8 Å². The van der Waals surface area contributed by atoms with Gasteiger partial charge in [0.25, 0.3) is 0 Å². The number of anilines is 1. The number of rotatable bonds is 12. The van der Waals surface area contributed by atoms with Crippen LogP contribution in [-0.4, -0.2) is 23.0 Å². The van der Waals surface area contributed by atoms with Crippen molar-refractivity contribution < 1.29 is 18.8 Å². The van der Waals surface area contributed by atoms with Crippen molar-refractivity contribution in [2.75, 3.05) is 5.32 Å². The van der Waals surface area contributed by atoms with E-state index in [-0.39, 0.29) is 23.7 Å². The van der Waals surface area contributed by atoms with E-state index in [1.54, 1.807) is 6.07 Å². The van der Waals surface area contributed by atoms with E-state index in [0.717, 1.165) is 36.3 Å². The molecule has 0 aliphatic heterocycles. The molecule has 198 valence electrons. The maximum atomic E-state index is 12.9. The van der Waals surface area contributed by atoms with Crippen molar-refractivity contribution in [1.82, 2.24) is 10.5 Å². The summed E-state index contributed by atoms with van der Waals surface area (Å²) >= 11 is 0. The maximum Gasteiger partial charge on any atom is 0.248 e. The van der Waals surface area contributed by atoms with Crippen LogP contribution in [0.3, 0.4) is 0 Å². The van der Waals surface area contributed by atoms with Crippen LogP contribution in [0.15, 0.2) is 65.2 Å². The molecule has 7 heteroatoms. The van der Waals surface area contributed by atoms with Gasteiger partial charge in [-0.05, 0) is 54.0 Å². The van der Waals surface area contributed by atoms with Gasteiger partial charge in [0.15, 0.2) is 5.82 Å². The Morgan fingerprint density at radius 1 is 1.03 bits per heavy atom. The molecule has 2 N–H and O–H groups in total. The molecule has 0 aliphatic rings. The third-order valence-electron chi connectivity index (χ3n) is 5.79. The zero-order chi connectivity index (χ0) is 26.8. The van der Waals surface area contributed by atoms with Crippen molar-refractivity contribution >= 4 is 17.6 Å². The van der Waals surface area contributed by atoms with Crippen molar-refractivity contribution in [3.8, 4) is 11.5 Å². The first-order valence-corrected chi connectivity index (χ1v) is 13.0. The molecule has 7 nitrogen and oxygen atoms in total. The second kappa shape index (κ2) is 13.1. The number of aromatic nitrogens is 1. The quantitative estimate of drug-likeness (QED) is 0.291. The third-order valence-corrected chi connectivity index (χ3v) is 5.79. The molecule has 0 saturated heterocycles. The summed E-state index contributed by atoms with van der Waals surface area (Å²) in [6.07, 6.45) is 3.21.